The van der Waals surface area contributed by atoms with Gasteiger partial charge in [-0.2, -0.15) is 0 Å². The van der Waals surface area contributed by atoms with Gasteiger partial charge in [-0.15, -0.1) is 0 Å². The number of nitrogens with one attached hydrogen (secondary N) is 2. The number of imidazole rings is 1. The van der Waals surface area contributed by atoms with Crippen LogP contribution in [0, 0.1) is 12.8 Å². The van der Waals surface area contributed by atoms with Gasteiger partial charge in [0.15, 0.2) is 0 Å². The van der Waals surface area contributed by atoms with Gasteiger partial charge < -0.3 is 10.3 Å². The summed E-state index contributed by atoms with van der Waals surface area (Å²) in [6.45, 7) is 4.38. The number of benzene rings is 1. The van der Waals surface area contributed by atoms with E-state index in [0.717, 1.165) is 42.3 Å². The van der Waals surface area contributed by atoms with Crippen LogP contribution < -0.4 is 5.32 Å². The highest BCUT2D eigenvalue weighted by Crippen LogP contribution is 2.16. The quantitative estimate of drug-likeness (QED) is 0.775. The molecule has 3 nitrogen and oxygen atoms in total. The zero-order chi connectivity index (χ0) is 10.3. The van der Waals surface area contributed by atoms with Gasteiger partial charge in [-0.3, -0.25) is 0 Å². The Hall–Kier alpha value is -1.35. The maximum atomic E-state index is 4.59. The lowest BCUT2D eigenvalue weighted by atomic mass is 9.99. The Morgan fingerprint density at radius 3 is 3.00 bits per heavy atom. The van der Waals surface area contributed by atoms with Gasteiger partial charge in [-0.1, -0.05) is 6.07 Å². The Morgan fingerprint density at radius 2 is 2.27 bits per heavy atom. The summed E-state index contributed by atoms with van der Waals surface area (Å²) in [6.07, 6.45) is 1.07. The third-order valence-electron chi connectivity index (χ3n) is 3.03. The number of aromatic amines is 1. The van der Waals surface area contributed by atoms with Crippen molar-refractivity contribution in [3.8, 4) is 0 Å². The molecule has 2 N–H and O–H groups in total. The summed E-state index contributed by atoms with van der Waals surface area (Å²) in [5.74, 6) is 1.90. The Labute approximate surface area is 88.9 Å². The molecule has 0 spiro atoms. The molecule has 0 amide bonds. The molecule has 0 radical (unpaired) electrons. The van der Waals surface area contributed by atoms with E-state index in [9.17, 15) is 0 Å². The average Bonchev–Trinajstić information content (AvgIpc) is 2.53. The molecule has 2 aromatic rings. The zero-order valence-corrected chi connectivity index (χ0v) is 8.88. The summed E-state index contributed by atoms with van der Waals surface area (Å²) >= 11 is 0. The Bertz CT molecular complexity index is 483. The van der Waals surface area contributed by atoms with Crippen LogP contribution in [0.2, 0.25) is 0 Å². The van der Waals surface area contributed by atoms with E-state index in [0.29, 0.717) is 0 Å². The average molecular weight is 201 g/mol. The fraction of sp³-hybridized carbons (Fsp3) is 0.417. The van der Waals surface area contributed by atoms with Crippen molar-refractivity contribution in [2.75, 3.05) is 13.1 Å². The standard InChI is InChI=1S/C12H15N3/c1-8-2-3-10-11(4-8)15-12(14-10)5-9-6-13-7-9/h2-4,9,13H,5-7H2,1H3,(H,14,15). The molecule has 1 aliphatic rings. The van der Waals surface area contributed by atoms with E-state index in [1.54, 1.807) is 0 Å². The van der Waals surface area contributed by atoms with Gasteiger partial charge in [-0.25, -0.2) is 4.98 Å². The first kappa shape index (κ1) is 8.92. The Balaban J connectivity index is 1.91. The minimum absolute atomic E-state index is 0.770. The molecule has 0 bridgehead atoms. The summed E-state index contributed by atoms with van der Waals surface area (Å²) < 4.78 is 0. The van der Waals surface area contributed by atoms with E-state index >= 15 is 0 Å². The molecule has 0 aliphatic carbocycles. The van der Waals surface area contributed by atoms with Crippen molar-refractivity contribution in [3.05, 3.63) is 29.6 Å². The number of nitrogens with zero attached hydrogens (tertiary/aromatic N) is 1. The van der Waals surface area contributed by atoms with Gasteiger partial charge in [0.05, 0.1) is 11.0 Å². The van der Waals surface area contributed by atoms with Gasteiger partial charge in [0.25, 0.3) is 0 Å². The minimum Gasteiger partial charge on any atom is -0.342 e. The van der Waals surface area contributed by atoms with Gasteiger partial charge in [0.1, 0.15) is 5.82 Å². The molecule has 2 heterocycles. The molecule has 78 valence electrons. The van der Waals surface area contributed by atoms with Crippen LogP contribution >= 0.6 is 0 Å². The second-order valence-electron chi connectivity index (χ2n) is 4.43. The third-order valence-corrected chi connectivity index (χ3v) is 3.03. The normalized spacial score (nSPS) is 16.9. The van der Waals surface area contributed by atoms with E-state index in [4.69, 9.17) is 0 Å². The smallest absolute Gasteiger partial charge is 0.107 e. The number of fused-ring (bicyclic) bond motifs is 1. The summed E-state index contributed by atoms with van der Waals surface area (Å²) in [4.78, 5) is 7.99. The molecule has 1 aromatic carbocycles. The maximum absolute atomic E-state index is 4.59. The molecule has 0 atom stereocenters. The first-order chi connectivity index (χ1) is 7.31. The van der Waals surface area contributed by atoms with Gasteiger partial charge in [0.2, 0.25) is 0 Å². The first-order valence-electron chi connectivity index (χ1n) is 5.47. The molecule has 15 heavy (non-hydrogen) atoms. The molecule has 1 aromatic heterocycles. The Kier molecular flexibility index (Phi) is 1.99. The number of hydrogen-bond acceptors (Lipinski definition) is 2. The van der Waals surface area contributed by atoms with Crippen molar-refractivity contribution in [3.63, 3.8) is 0 Å². The highest BCUT2D eigenvalue weighted by molar-refractivity contribution is 5.75. The topological polar surface area (TPSA) is 40.7 Å². The van der Waals surface area contributed by atoms with Crippen LogP contribution in [0.3, 0.4) is 0 Å². The van der Waals surface area contributed by atoms with Gasteiger partial charge in [-0.05, 0) is 43.6 Å². The lowest BCUT2D eigenvalue weighted by Gasteiger charge is -2.25. The van der Waals surface area contributed by atoms with Crippen LogP contribution in [0.15, 0.2) is 18.2 Å². The van der Waals surface area contributed by atoms with E-state index in [1.165, 1.54) is 5.56 Å². The van der Waals surface area contributed by atoms with Crippen LogP contribution in [0.1, 0.15) is 11.4 Å². The van der Waals surface area contributed by atoms with E-state index in [-0.39, 0.29) is 0 Å². The first-order valence-corrected chi connectivity index (χ1v) is 5.47. The molecule has 3 rings (SSSR count). The second kappa shape index (κ2) is 3.35. The van der Waals surface area contributed by atoms with Crippen molar-refractivity contribution in [1.82, 2.24) is 15.3 Å². The van der Waals surface area contributed by atoms with E-state index in [2.05, 4.69) is 40.4 Å². The van der Waals surface area contributed by atoms with Gasteiger partial charge in [0, 0.05) is 6.42 Å². The van der Waals surface area contributed by atoms with Crippen molar-refractivity contribution < 1.29 is 0 Å². The van der Waals surface area contributed by atoms with Crippen molar-refractivity contribution in [1.29, 1.82) is 0 Å². The summed E-state index contributed by atoms with van der Waals surface area (Å²) in [5, 5.41) is 3.28. The number of H-pyrrole nitrogens is 1. The highest BCUT2D eigenvalue weighted by atomic mass is 15.0. The van der Waals surface area contributed by atoms with Crippen LogP contribution in [-0.2, 0) is 6.42 Å². The van der Waals surface area contributed by atoms with Crippen molar-refractivity contribution in [2.24, 2.45) is 5.92 Å². The number of aromatic nitrogens is 2. The summed E-state index contributed by atoms with van der Waals surface area (Å²) in [7, 11) is 0. The lowest BCUT2D eigenvalue weighted by Crippen LogP contribution is -2.43. The number of hydrogen-bond donors (Lipinski definition) is 2. The van der Waals surface area contributed by atoms with Crippen LogP contribution in [0.5, 0.6) is 0 Å². The van der Waals surface area contributed by atoms with Crippen LogP contribution in [0.4, 0.5) is 0 Å². The van der Waals surface area contributed by atoms with Crippen molar-refractivity contribution >= 4 is 11.0 Å². The van der Waals surface area contributed by atoms with E-state index < -0.39 is 0 Å². The molecule has 1 saturated heterocycles. The summed E-state index contributed by atoms with van der Waals surface area (Å²) in [5.41, 5.74) is 3.53. The molecule has 1 aliphatic heterocycles. The fourth-order valence-electron chi connectivity index (χ4n) is 2.04. The molecular weight excluding hydrogens is 186 g/mol. The predicted molar refractivity (Wildman–Crippen MR) is 60.9 cm³/mol. The lowest BCUT2D eigenvalue weighted by molar-refractivity contribution is 0.342. The van der Waals surface area contributed by atoms with E-state index in [1.807, 2.05) is 0 Å². The van der Waals surface area contributed by atoms with Gasteiger partial charge >= 0.3 is 0 Å². The molecule has 0 unspecified atom stereocenters. The zero-order valence-electron chi connectivity index (χ0n) is 8.88. The number of rotatable bonds is 2. The monoisotopic (exact) mass is 201 g/mol. The minimum atomic E-state index is 0.770. The van der Waals surface area contributed by atoms with Crippen LogP contribution in [-0.4, -0.2) is 23.1 Å². The predicted octanol–water partition coefficient (Wildman–Crippen LogP) is 1.63. The maximum Gasteiger partial charge on any atom is 0.107 e. The third kappa shape index (κ3) is 1.63. The van der Waals surface area contributed by atoms with Crippen molar-refractivity contribution in [2.45, 2.75) is 13.3 Å². The number of aryl methyl sites for hydroxylation is 1. The largest absolute Gasteiger partial charge is 0.342 e. The SMILES string of the molecule is Cc1ccc2nc(CC3CNC3)[nH]c2c1. The molecular formula is C12H15N3. The van der Waals surface area contributed by atoms with Crippen LogP contribution in [0.25, 0.3) is 11.0 Å². The summed E-state index contributed by atoms with van der Waals surface area (Å²) in [6, 6.07) is 6.35. The molecule has 1 fully saturated rings. The second-order valence-corrected chi connectivity index (χ2v) is 4.43. The Morgan fingerprint density at radius 1 is 1.40 bits per heavy atom. The fourth-order valence-corrected chi connectivity index (χ4v) is 2.04. The molecule has 0 saturated carbocycles. The highest BCUT2D eigenvalue weighted by Gasteiger charge is 2.18. The molecule has 3 heteroatoms.